The molecule has 0 unspecified atom stereocenters. The average molecular weight is 294 g/mol. The molecule has 21 heavy (non-hydrogen) atoms. The third kappa shape index (κ3) is 7.15. The largest absolute Gasteiger partial charge is 0.257 e. The van der Waals surface area contributed by atoms with Gasteiger partial charge in [-0.1, -0.05) is 72.1 Å². The molecule has 1 heterocycles. The Hall–Kier alpha value is -0.790. The molecule has 0 saturated heterocycles. The van der Waals surface area contributed by atoms with Gasteiger partial charge in [-0.3, -0.25) is 0 Å². The smallest absolute Gasteiger partial charge is 0.247 e. The maximum Gasteiger partial charge on any atom is 0.257 e. The summed E-state index contributed by atoms with van der Waals surface area (Å²) in [6, 6.07) is 0. The number of aromatic amines is 1. The summed E-state index contributed by atoms with van der Waals surface area (Å²) in [5.74, 6) is 2.16. The SMILES string of the molecule is CCCCCCCCCC[C@H](CC)c1[nH]cc[n+]1CCC. The zero-order valence-corrected chi connectivity index (χ0v) is 14.7. The first kappa shape index (κ1) is 18.3. The molecule has 1 aromatic rings. The minimum absolute atomic E-state index is 0.714. The predicted octanol–water partition coefficient (Wildman–Crippen LogP) is 5.74. The summed E-state index contributed by atoms with van der Waals surface area (Å²) in [5.41, 5.74) is 0. The van der Waals surface area contributed by atoms with Gasteiger partial charge in [-0.05, 0) is 19.3 Å². The van der Waals surface area contributed by atoms with E-state index in [1.807, 2.05) is 0 Å². The van der Waals surface area contributed by atoms with Crippen LogP contribution in [0.3, 0.4) is 0 Å². The minimum Gasteiger partial charge on any atom is -0.247 e. The van der Waals surface area contributed by atoms with Crippen molar-refractivity contribution >= 4 is 0 Å². The second kappa shape index (κ2) is 11.8. The van der Waals surface area contributed by atoms with Crippen molar-refractivity contribution < 1.29 is 4.57 Å². The number of unbranched alkanes of at least 4 members (excludes halogenated alkanes) is 7. The van der Waals surface area contributed by atoms with Gasteiger partial charge >= 0.3 is 0 Å². The number of nitrogens with one attached hydrogen (secondary N) is 1. The Morgan fingerprint density at radius 3 is 2.19 bits per heavy atom. The molecule has 1 atom stereocenters. The Balaban J connectivity index is 2.20. The van der Waals surface area contributed by atoms with Crippen LogP contribution in [-0.4, -0.2) is 4.98 Å². The van der Waals surface area contributed by atoms with Crippen LogP contribution in [0.25, 0.3) is 0 Å². The molecule has 0 fully saturated rings. The highest BCUT2D eigenvalue weighted by Gasteiger charge is 2.20. The van der Waals surface area contributed by atoms with Crippen LogP contribution in [0.15, 0.2) is 12.4 Å². The highest BCUT2D eigenvalue weighted by molar-refractivity contribution is 4.89. The lowest BCUT2D eigenvalue weighted by molar-refractivity contribution is -0.704. The zero-order chi connectivity index (χ0) is 15.3. The van der Waals surface area contributed by atoms with Crippen LogP contribution in [0.2, 0.25) is 0 Å². The molecule has 0 aromatic carbocycles. The zero-order valence-electron chi connectivity index (χ0n) is 14.7. The van der Waals surface area contributed by atoms with Gasteiger partial charge in [0, 0.05) is 0 Å². The number of aromatic nitrogens is 2. The van der Waals surface area contributed by atoms with E-state index in [4.69, 9.17) is 0 Å². The number of hydrogen-bond donors (Lipinski definition) is 1. The lowest BCUT2D eigenvalue weighted by Crippen LogP contribution is -2.37. The molecule has 0 spiro atoms. The summed E-state index contributed by atoms with van der Waals surface area (Å²) in [6.07, 6.45) is 19.4. The summed E-state index contributed by atoms with van der Waals surface area (Å²) < 4.78 is 2.42. The average Bonchev–Trinajstić information content (AvgIpc) is 2.94. The highest BCUT2D eigenvalue weighted by Crippen LogP contribution is 2.22. The van der Waals surface area contributed by atoms with Crippen molar-refractivity contribution in [2.45, 2.75) is 104 Å². The summed E-state index contributed by atoms with van der Waals surface area (Å²) >= 11 is 0. The Kier molecular flexibility index (Phi) is 10.3. The maximum atomic E-state index is 3.48. The lowest BCUT2D eigenvalue weighted by Gasteiger charge is -2.11. The maximum absolute atomic E-state index is 3.48. The van der Waals surface area contributed by atoms with Crippen LogP contribution in [0.1, 0.15) is 103 Å². The molecule has 0 aliphatic rings. The molecule has 1 N–H and O–H groups in total. The Bertz CT molecular complexity index is 343. The molecule has 0 aliphatic carbocycles. The highest BCUT2D eigenvalue weighted by atomic mass is 15.1. The van der Waals surface area contributed by atoms with Crippen molar-refractivity contribution in [3.63, 3.8) is 0 Å². The molecule has 0 aliphatic heterocycles. The van der Waals surface area contributed by atoms with Crippen molar-refractivity contribution in [2.24, 2.45) is 0 Å². The topological polar surface area (TPSA) is 19.7 Å². The van der Waals surface area contributed by atoms with Gasteiger partial charge in [-0.15, -0.1) is 0 Å². The molecule has 2 nitrogen and oxygen atoms in total. The second-order valence-electron chi connectivity index (χ2n) is 6.41. The molecule has 0 saturated carbocycles. The summed E-state index contributed by atoms with van der Waals surface area (Å²) in [4.78, 5) is 3.48. The van der Waals surface area contributed by atoms with Crippen LogP contribution in [-0.2, 0) is 6.54 Å². The van der Waals surface area contributed by atoms with Gasteiger partial charge in [0.1, 0.15) is 12.4 Å². The van der Waals surface area contributed by atoms with Crippen molar-refractivity contribution in [3.8, 4) is 0 Å². The number of aryl methyl sites for hydroxylation is 1. The lowest BCUT2D eigenvalue weighted by atomic mass is 9.97. The van der Waals surface area contributed by atoms with E-state index in [2.05, 4.69) is 42.7 Å². The van der Waals surface area contributed by atoms with Crippen LogP contribution in [0.5, 0.6) is 0 Å². The molecule has 0 radical (unpaired) electrons. The van der Waals surface area contributed by atoms with E-state index in [-0.39, 0.29) is 0 Å². The van der Waals surface area contributed by atoms with Crippen LogP contribution in [0.4, 0.5) is 0 Å². The monoisotopic (exact) mass is 293 g/mol. The molecule has 2 heteroatoms. The van der Waals surface area contributed by atoms with Crippen molar-refractivity contribution in [1.29, 1.82) is 0 Å². The number of rotatable bonds is 13. The van der Waals surface area contributed by atoms with Crippen LogP contribution < -0.4 is 4.57 Å². The second-order valence-corrected chi connectivity index (χ2v) is 6.41. The third-order valence-corrected chi connectivity index (χ3v) is 4.55. The first-order valence-corrected chi connectivity index (χ1v) is 9.40. The Labute approximate surface area is 132 Å². The summed E-state index contributed by atoms with van der Waals surface area (Å²) in [6.45, 7) is 8.01. The van der Waals surface area contributed by atoms with Gasteiger partial charge in [0.05, 0.1) is 12.5 Å². The van der Waals surface area contributed by atoms with Crippen molar-refractivity contribution in [3.05, 3.63) is 18.2 Å². The van der Waals surface area contributed by atoms with Gasteiger partial charge in [0.15, 0.2) is 0 Å². The van der Waals surface area contributed by atoms with Crippen molar-refractivity contribution in [2.75, 3.05) is 0 Å². The molecule has 1 aromatic heterocycles. The van der Waals surface area contributed by atoms with E-state index in [1.165, 1.54) is 76.5 Å². The quantitative estimate of drug-likeness (QED) is 0.353. The van der Waals surface area contributed by atoms with E-state index >= 15 is 0 Å². The standard InChI is InChI=1S/C19H36N2/c1-4-7-8-9-10-11-12-13-14-18(6-3)19-20-15-17-21(19)16-5-2/h15,17-18H,4-14,16H2,1-3H3/p+1/t18-/m0/s1. The van der Waals surface area contributed by atoms with E-state index in [0.717, 1.165) is 6.54 Å². The van der Waals surface area contributed by atoms with E-state index < -0.39 is 0 Å². The predicted molar refractivity (Wildman–Crippen MR) is 91.5 cm³/mol. The fraction of sp³-hybridized carbons (Fsp3) is 0.842. The fourth-order valence-electron chi connectivity index (χ4n) is 3.22. The van der Waals surface area contributed by atoms with Crippen LogP contribution in [0, 0.1) is 0 Å². The van der Waals surface area contributed by atoms with Gasteiger partial charge in [-0.25, -0.2) is 9.55 Å². The van der Waals surface area contributed by atoms with E-state index in [0.29, 0.717) is 5.92 Å². The molecule has 0 amide bonds. The number of hydrogen-bond acceptors (Lipinski definition) is 0. The third-order valence-electron chi connectivity index (χ3n) is 4.55. The van der Waals surface area contributed by atoms with Gasteiger partial charge < -0.3 is 0 Å². The number of nitrogens with zero attached hydrogens (tertiary/aromatic N) is 1. The molecule has 1 rings (SSSR count). The molecule has 0 bridgehead atoms. The normalized spacial score (nSPS) is 12.7. The van der Waals surface area contributed by atoms with Gasteiger partial charge in [-0.2, -0.15) is 0 Å². The molecule has 122 valence electrons. The van der Waals surface area contributed by atoms with Crippen molar-refractivity contribution in [1.82, 2.24) is 4.98 Å². The van der Waals surface area contributed by atoms with E-state index in [1.54, 1.807) is 0 Å². The Morgan fingerprint density at radius 2 is 1.57 bits per heavy atom. The van der Waals surface area contributed by atoms with E-state index in [9.17, 15) is 0 Å². The molecular formula is C19H37N2+. The summed E-state index contributed by atoms with van der Waals surface area (Å²) in [5, 5.41) is 0. The Morgan fingerprint density at radius 1 is 0.905 bits per heavy atom. The first-order chi connectivity index (χ1) is 10.3. The van der Waals surface area contributed by atoms with Gasteiger partial charge in [0.2, 0.25) is 0 Å². The summed E-state index contributed by atoms with van der Waals surface area (Å²) in [7, 11) is 0. The number of H-pyrrole nitrogens is 1. The minimum atomic E-state index is 0.714. The fourth-order valence-corrected chi connectivity index (χ4v) is 3.22. The molecular weight excluding hydrogens is 256 g/mol. The first-order valence-electron chi connectivity index (χ1n) is 9.40. The van der Waals surface area contributed by atoms with Crippen LogP contribution >= 0.6 is 0 Å². The van der Waals surface area contributed by atoms with Gasteiger partial charge in [0.25, 0.3) is 5.82 Å². The number of imidazole rings is 1.